The Labute approximate surface area is 391 Å². The fourth-order valence-electron chi connectivity index (χ4n) is 11.2. The van der Waals surface area contributed by atoms with E-state index < -0.39 is 5.41 Å². The fraction of sp³-hybridized carbons (Fsp3) is 0.0625. The van der Waals surface area contributed by atoms with Crippen LogP contribution in [0.15, 0.2) is 237 Å². The zero-order chi connectivity index (χ0) is 44.7. The second kappa shape index (κ2) is 15.1. The lowest BCUT2D eigenvalue weighted by Crippen LogP contribution is -2.37. The number of anilines is 3. The van der Waals surface area contributed by atoms with Crippen LogP contribution in [0.4, 0.5) is 17.1 Å². The van der Waals surface area contributed by atoms with Gasteiger partial charge in [-0.2, -0.15) is 0 Å². The number of rotatable bonds is 6. The Morgan fingerprint density at radius 1 is 0.284 bits per heavy atom. The minimum absolute atomic E-state index is 0.166. The van der Waals surface area contributed by atoms with Gasteiger partial charge in [-0.15, -0.1) is 0 Å². The van der Waals surface area contributed by atoms with Crippen molar-refractivity contribution in [2.45, 2.75) is 24.7 Å². The van der Waals surface area contributed by atoms with Gasteiger partial charge >= 0.3 is 0 Å². The maximum absolute atomic E-state index is 7.19. The van der Waals surface area contributed by atoms with Crippen molar-refractivity contribution in [2.75, 3.05) is 4.90 Å². The lowest BCUT2D eigenvalue weighted by Gasteiger charge is -2.45. The molecule has 2 heterocycles. The summed E-state index contributed by atoms with van der Waals surface area (Å²) in [5, 5.41) is 0. The predicted molar refractivity (Wildman–Crippen MR) is 273 cm³/mol. The third-order valence-electron chi connectivity index (χ3n) is 14.4. The number of hydrogen-bond donors (Lipinski definition) is 0. The molecule has 1 aliphatic carbocycles. The Kier molecular flexibility index (Phi) is 8.78. The molecule has 3 aliphatic rings. The summed E-state index contributed by atoms with van der Waals surface area (Å²) >= 11 is 0. The highest BCUT2D eigenvalue weighted by Crippen LogP contribution is 2.63. The molecule has 0 N–H and O–H groups in total. The highest BCUT2D eigenvalue weighted by atomic mass is 16.5. The molecule has 0 amide bonds. The van der Waals surface area contributed by atoms with Crippen LogP contribution in [0.3, 0.4) is 0 Å². The third-order valence-corrected chi connectivity index (χ3v) is 14.4. The van der Waals surface area contributed by atoms with Gasteiger partial charge in [0.2, 0.25) is 0 Å². The molecule has 318 valence electrons. The second-order valence-corrected chi connectivity index (χ2v) is 18.4. The number of nitrogens with zero attached hydrogens (tertiary/aromatic N) is 1. The molecule has 0 fully saturated rings. The van der Waals surface area contributed by atoms with Gasteiger partial charge in [0.1, 0.15) is 23.0 Å². The molecular weight excluding hydrogens is 815 g/mol. The van der Waals surface area contributed by atoms with Crippen LogP contribution in [0.2, 0.25) is 0 Å². The van der Waals surface area contributed by atoms with Crippen LogP contribution in [0, 0.1) is 0 Å². The molecule has 0 bridgehead atoms. The summed E-state index contributed by atoms with van der Waals surface area (Å²) < 4.78 is 14.1. The van der Waals surface area contributed by atoms with Crippen molar-refractivity contribution in [1.82, 2.24) is 0 Å². The summed E-state index contributed by atoms with van der Waals surface area (Å²) in [4.78, 5) is 2.39. The molecule has 0 radical (unpaired) electrons. The zero-order valence-electron chi connectivity index (χ0n) is 37.3. The Morgan fingerprint density at radius 2 is 0.716 bits per heavy atom. The number of benzene rings is 10. The van der Waals surface area contributed by atoms with Gasteiger partial charge in [0.25, 0.3) is 0 Å². The normalized spacial score (nSPS) is 14.0. The maximum Gasteiger partial charge on any atom is 0.134 e. The summed E-state index contributed by atoms with van der Waals surface area (Å²) in [5.74, 6) is 3.27. The van der Waals surface area contributed by atoms with E-state index in [0.717, 1.165) is 84.6 Å². The van der Waals surface area contributed by atoms with Gasteiger partial charge < -0.3 is 14.4 Å². The van der Waals surface area contributed by atoms with Crippen LogP contribution in [0.1, 0.15) is 47.2 Å². The minimum Gasteiger partial charge on any atom is -0.457 e. The molecule has 67 heavy (non-hydrogen) atoms. The zero-order valence-corrected chi connectivity index (χ0v) is 37.3. The van der Waals surface area contributed by atoms with Gasteiger partial charge in [0, 0.05) is 50.8 Å². The van der Waals surface area contributed by atoms with Gasteiger partial charge in [0.15, 0.2) is 0 Å². The molecular formula is C64H45NO2. The summed E-state index contributed by atoms with van der Waals surface area (Å²) in [6, 6.07) is 85.4. The predicted octanol–water partition coefficient (Wildman–Crippen LogP) is 17.1. The first-order chi connectivity index (χ1) is 32.9. The largest absolute Gasteiger partial charge is 0.457 e. The molecule has 0 atom stereocenters. The third kappa shape index (κ3) is 6.05. The molecule has 0 unspecified atom stereocenters. The molecule has 2 aliphatic heterocycles. The molecule has 10 aromatic carbocycles. The average molecular weight is 860 g/mol. The van der Waals surface area contributed by atoms with Crippen LogP contribution in [-0.2, 0) is 10.8 Å². The Balaban J connectivity index is 1.05. The highest BCUT2D eigenvalue weighted by molar-refractivity contribution is 5.88. The monoisotopic (exact) mass is 859 g/mol. The highest BCUT2D eigenvalue weighted by Gasteiger charge is 2.51. The van der Waals surface area contributed by atoms with Crippen molar-refractivity contribution in [3.8, 4) is 67.5 Å². The lowest BCUT2D eigenvalue weighted by atomic mass is 9.61. The Hall–Kier alpha value is -8.40. The summed E-state index contributed by atoms with van der Waals surface area (Å²) in [7, 11) is 0. The first-order valence-corrected chi connectivity index (χ1v) is 23.1. The van der Waals surface area contributed by atoms with E-state index in [9.17, 15) is 0 Å². The van der Waals surface area contributed by atoms with Gasteiger partial charge in [0.05, 0.1) is 5.41 Å². The number of para-hydroxylation sites is 1. The van der Waals surface area contributed by atoms with E-state index in [1.165, 1.54) is 33.4 Å². The molecule has 0 aromatic heterocycles. The van der Waals surface area contributed by atoms with E-state index in [1.54, 1.807) is 0 Å². The number of fused-ring (bicyclic) bond motifs is 11. The van der Waals surface area contributed by atoms with Gasteiger partial charge in [-0.25, -0.2) is 0 Å². The van der Waals surface area contributed by atoms with E-state index in [1.807, 2.05) is 0 Å². The standard InChI is InChI=1S/C64H45NO2/c1-63(2)53-23-13-12-22-51(53)52-34-32-49(40-56(52)63)65(48-30-26-45(27-31-48)42-16-6-3-7-17-42)50-33-35-55-62(41-50)67-59-25-15-14-24-54(59)64(55)57-38-46(43-18-8-4-9-19-43)28-36-60(57)66-61-37-29-47(39-58(61)64)44-20-10-5-11-21-44/h3-41H,1-2H3. The SMILES string of the molecule is CC1(C)c2ccccc2-c2ccc(N(c3ccc(-c4ccccc4)cc3)c3ccc4c(c3)Oc3ccccc3C43c4cc(-c5ccccc5)ccc4Oc4ccc(-c5ccccc5)cc43)cc21. The van der Waals surface area contributed by atoms with Crippen LogP contribution in [0.25, 0.3) is 44.5 Å². The molecule has 3 nitrogen and oxygen atoms in total. The van der Waals surface area contributed by atoms with Crippen molar-refractivity contribution in [2.24, 2.45) is 0 Å². The van der Waals surface area contributed by atoms with Crippen molar-refractivity contribution in [3.63, 3.8) is 0 Å². The van der Waals surface area contributed by atoms with Gasteiger partial charge in [-0.1, -0.05) is 184 Å². The fourth-order valence-corrected chi connectivity index (χ4v) is 11.2. The molecule has 0 saturated heterocycles. The minimum atomic E-state index is -0.799. The summed E-state index contributed by atoms with van der Waals surface area (Å²) in [5.41, 5.74) is 18.6. The smallest absolute Gasteiger partial charge is 0.134 e. The van der Waals surface area contributed by atoms with E-state index in [4.69, 9.17) is 9.47 Å². The van der Waals surface area contributed by atoms with Crippen molar-refractivity contribution in [1.29, 1.82) is 0 Å². The Bertz CT molecular complexity index is 3450. The molecule has 13 rings (SSSR count). The number of hydrogen-bond acceptors (Lipinski definition) is 3. The number of ether oxygens (including phenoxy) is 2. The van der Waals surface area contributed by atoms with E-state index in [-0.39, 0.29) is 5.41 Å². The summed E-state index contributed by atoms with van der Waals surface area (Å²) in [6.45, 7) is 4.69. The Morgan fingerprint density at radius 3 is 1.36 bits per heavy atom. The van der Waals surface area contributed by atoms with Crippen LogP contribution in [-0.4, -0.2) is 0 Å². The van der Waals surface area contributed by atoms with Crippen LogP contribution >= 0.6 is 0 Å². The molecule has 3 heteroatoms. The van der Waals surface area contributed by atoms with Crippen molar-refractivity contribution >= 4 is 17.1 Å². The topological polar surface area (TPSA) is 21.7 Å². The van der Waals surface area contributed by atoms with Crippen molar-refractivity contribution in [3.05, 3.63) is 270 Å². The first-order valence-electron chi connectivity index (χ1n) is 23.1. The quantitative estimate of drug-likeness (QED) is 0.166. The van der Waals surface area contributed by atoms with Gasteiger partial charge in [-0.05, 0) is 116 Å². The second-order valence-electron chi connectivity index (χ2n) is 18.4. The molecule has 0 saturated carbocycles. The van der Waals surface area contributed by atoms with Crippen molar-refractivity contribution < 1.29 is 9.47 Å². The molecule has 1 spiro atoms. The molecule has 10 aromatic rings. The van der Waals surface area contributed by atoms with Crippen LogP contribution < -0.4 is 14.4 Å². The lowest BCUT2D eigenvalue weighted by molar-refractivity contribution is 0.399. The van der Waals surface area contributed by atoms with Crippen LogP contribution in [0.5, 0.6) is 23.0 Å². The maximum atomic E-state index is 7.19. The van der Waals surface area contributed by atoms with E-state index in [2.05, 4.69) is 255 Å². The van der Waals surface area contributed by atoms with E-state index >= 15 is 0 Å². The van der Waals surface area contributed by atoms with Gasteiger partial charge in [-0.3, -0.25) is 0 Å². The first kappa shape index (κ1) is 39.0. The van der Waals surface area contributed by atoms with E-state index in [0.29, 0.717) is 0 Å². The summed E-state index contributed by atoms with van der Waals surface area (Å²) in [6.07, 6.45) is 0. The average Bonchev–Trinajstić information content (AvgIpc) is 3.62.